The van der Waals surface area contributed by atoms with Crippen LogP contribution in [-0.2, 0) is 20.1 Å². The number of hydrogen-bond acceptors (Lipinski definition) is 5. The molecule has 4 aromatic rings. The molecule has 3 heterocycles. The molecule has 0 aliphatic heterocycles. The Kier molecular flexibility index (Phi) is 5.22. The molecule has 4 rings (SSSR count). The zero-order valence-corrected chi connectivity index (χ0v) is 17.5. The molecule has 0 unspecified atom stereocenters. The first-order valence-electron chi connectivity index (χ1n) is 9.75. The molecule has 0 aliphatic rings. The molecule has 0 atom stereocenters. The molecule has 0 fully saturated rings. The molecular formula is C22H24N6O2. The molecule has 0 bridgehead atoms. The highest BCUT2D eigenvalue weighted by Crippen LogP contribution is 2.27. The van der Waals surface area contributed by atoms with E-state index in [-0.39, 0.29) is 5.91 Å². The molecule has 0 spiro atoms. The summed E-state index contributed by atoms with van der Waals surface area (Å²) in [4.78, 5) is 19.8. The van der Waals surface area contributed by atoms with E-state index < -0.39 is 0 Å². The van der Waals surface area contributed by atoms with Gasteiger partial charge in [0.2, 0.25) is 0 Å². The van der Waals surface area contributed by atoms with Gasteiger partial charge in [0, 0.05) is 32.4 Å². The molecule has 0 radical (unpaired) electrons. The maximum Gasteiger partial charge on any atom is 0.254 e. The predicted octanol–water partition coefficient (Wildman–Crippen LogP) is 3.13. The lowest BCUT2D eigenvalue weighted by Crippen LogP contribution is -2.27. The summed E-state index contributed by atoms with van der Waals surface area (Å²) in [7, 11) is 5.25. The van der Waals surface area contributed by atoms with Gasteiger partial charge in [0.15, 0.2) is 5.65 Å². The first-order valence-corrected chi connectivity index (χ1v) is 9.75. The van der Waals surface area contributed by atoms with E-state index in [2.05, 4.69) is 10.2 Å². The second kappa shape index (κ2) is 7.98. The summed E-state index contributed by atoms with van der Waals surface area (Å²) < 4.78 is 8.82. The fourth-order valence-electron chi connectivity index (χ4n) is 3.50. The third kappa shape index (κ3) is 3.52. The van der Waals surface area contributed by atoms with Crippen LogP contribution in [0.15, 0.2) is 48.8 Å². The average molecular weight is 404 g/mol. The molecule has 1 aromatic carbocycles. The molecule has 8 nitrogen and oxygen atoms in total. The quantitative estimate of drug-likeness (QED) is 0.493. The Morgan fingerprint density at radius 1 is 1.17 bits per heavy atom. The first-order chi connectivity index (χ1) is 14.5. The first kappa shape index (κ1) is 19.6. The number of carbonyl (C=O) groups excluding carboxylic acids is 1. The van der Waals surface area contributed by atoms with Crippen LogP contribution in [0, 0.1) is 0 Å². The van der Waals surface area contributed by atoms with Crippen LogP contribution in [0.5, 0.6) is 5.75 Å². The minimum absolute atomic E-state index is 0.0889. The number of amides is 1. The van der Waals surface area contributed by atoms with Crippen molar-refractivity contribution in [3.8, 4) is 17.0 Å². The highest BCUT2D eigenvalue weighted by molar-refractivity contribution is 6.06. The number of aryl methyl sites for hydroxylation is 2. The number of hydrogen-bond donors (Lipinski definition) is 0. The number of methoxy groups -OCH3 is 1. The Morgan fingerprint density at radius 3 is 2.63 bits per heavy atom. The van der Waals surface area contributed by atoms with Crippen LogP contribution in [-0.4, -0.2) is 49.5 Å². The van der Waals surface area contributed by atoms with Gasteiger partial charge in [0.05, 0.1) is 42.2 Å². The van der Waals surface area contributed by atoms with Gasteiger partial charge < -0.3 is 9.64 Å². The molecule has 154 valence electrons. The van der Waals surface area contributed by atoms with Gasteiger partial charge in [-0.15, -0.1) is 0 Å². The van der Waals surface area contributed by atoms with E-state index in [1.54, 1.807) is 36.1 Å². The van der Waals surface area contributed by atoms with Crippen LogP contribution in [0.2, 0.25) is 0 Å². The van der Waals surface area contributed by atoms with Gasteiger partial charge in [0.1, 0.15) is 5.75 Å². The molecule has 0 N–H and O–H groups in total. The number of pyridine rings is 1. The SMILES string of the molecule is CCn1nccc1CN(C)C(=O)c1cc(-c2ccc(OC)cc2)nc2c1cnn2C. The van der Waals surface area contributed by atoms with Crippen molar-refractivity contribution >= 4 is 16.9 Å². The summed E-state index contributed by atoms with van der Waals surface area (Å²) in [6, 6.07) is 11.4. The van der Waals surface area contributed by atoms with Crippen molar-refractivity contribution in [2.75, 3.05) is 14.2 Å². The molecule has 0 saturated heterocycles. The van der Waals surface area contributed by atoms with Gasteiger partial charge in [-0.3, -0.25) is 14.2 Å². The monoisotopic (exact) mass is 404 g/mol. The van der Waals surface area contributed by atoms with Crippen LogP contribution in [0.25, 0.3) is 22.3 Å². The summed E-state index contributed by atoms with van der Waals surface area (Å²) in [5.74, 6) is 0.679. The predicted molar refractivity (Wildman–Crippen MR) is 114 cm³/mol. The van der Waals surface area contributed by atoms with Crippen LogP contribution in [0.1, 0.15) is 23.0 Å². The zero-order chi connectivity index (χ0) is 21.3. The number of ether oxygens (including phenoxy) is 1. The number of benzene rings is 1. The smallest absolute Gasteiger partial charge is 0.254 e. The van der Waals surface area contributed by atoms with E-state index in [0.717, 1.165) is 28.9 Å². The normalized spacial score (nSPS) is 11.1. The summed E-state index contributed by atoms with van der Waals surface area (Å²) in [6.07, 6.45) is 3.45. The summed E-state index contributed by atoms with van der Waals surface area (Å²) >= 11 is 0. The van der Waals surface area contributed by atoms with Crippen molar-refractivity contribution in [3.63, 3.8) is 0 Å². The molecular weight excluding hydrogens is 380 g/mol. The molecule has 8 heteroatoms. The third-order valence-corrected chi connectivity index (χ3v) is 5.17. The lowest BCUT2D eigenvalue weighted by molar-refractivity contribution is 0.0783. The highest BCUT2D eigenvalue weighted by Gasteiger charge is 2.20. The Labute approximate surface area is 174 Å². The molecule has 0 saturated carbocycles. The van der Waals surface area contributed by atoms with Crippen molar-refractivity contribution in [2.45, 2.75) is 20.0 Å². The van der Waals surface area contributed by atoms with E-state index in [9.17, 15) is 4.79 Å². The second-order valence-electron chi connectivity index (χ2n) is 7.09. The average Bonchev–Trinajstić information content (AvgIpc) is 3.38. The van der Waals surface area contributed by atoms with Crippen molar-refractivity contribution in [1.29, 1.82) is 0 Å². The number of fused-ring (bicyclic) bond motifs is 1. The zero-order valence-electron chi connectivity index (χ0n) is 17.5. The van der Waals surface area contributed by atoms with Crippen molar-refractivity contribution in [1.82, 2.24) is 29.4 Å². The fraction of sp³-hybridized carbons (Fsp3) is 0.273. The number of nitrogens with zero attached hydrogens (tertiary/aromatic N) is 6. The fourth-order valence-corrected chi connectivity index (χ4v) is 3.50. The number of aromatic nitrogens is 5. The van der Waals surface area contributed by atoms with Crippen molar-refractivity contribution in [3.05, 3.63) is 60.0 Å². The third-order valence-electron chi connectivity index (χ3n) is 5.17. The lowest BCUT2D eigenvalue weighted by atomic mass is 10.1. The van der Waals surface area contributed by atoms with Crippen LogP contribution in [0.3, 0.4) is 0 Å². The Morgan fingerprint density at radius 2 is 1.93 bits per heavy atom. The van der Waals surface area contributed by atoms with Gasteiger partial charge in [0.25, 0.3) is 5.91 Å². The minimum atomic E-state index is -0.0889. The van der Waals surface area contributed by atoms with Gasteiger partial charge in [-0.2, -0.15) is 10.2 Å². The number of carbonyl (C=O) groups is 1. The van der Waals surface area contributed by atoms with E-state index in [1.165, 1.54) is 0 Å². The lowest BCUT2D eigenvalue weighted by Gasteiger charge is -2.19. The largest absolute Gasteiger partial charge is 0.497 e. The maximum absolute atomic E-state index is 13.4. The highest BCUT2D eigenvalue weighted by atomic mass is 16.5. The van der Waals surface area contributed by atoms with Crippen molar-refractivity contribution < 1.29 is 9.53 Å². The summed E-state index contributed by atoms with van der Waals surface area (Å²) in [6.45, 7) is 3.25. The van der Waals surface area contributed by atoms with E-state index in [4.69, 9.17) is 9.72 Å². The van der Waals surface area contributed by atoms with Gasteiger partial charge in [-0.1, -0.05) is 0 Å². The second-order valence-corrected chi connectivity index (χ2v) is 7.09. The Balaban J connectivity index is 1.74. The molecule has 3 aromatic heterocycles. The van der Waals surface area contributed by atoms with Crippen LogP contribution >= 0.6 is 0 Å². The van der Waals surface area contributed by atoms with E-state index in [0.29, 0.717) is 23.4 Å². The van der Waals surface area contributed by atoms with Crippen LogP contribution in [0.4, 0.5) is 0 Å². The standard InChI is InChI=1S/C22H24N6O2/c1-5-28-16(10-11-23-28)14-26(2)22(29)18-12-20(15-6-8-17(30-4)9-7-15)25-21-19(18)13-24-27(21)3/h6-13H,5,14H2,1-4H3. The van der Waals surface area contributed by atoms with Gasteiger partial charge in [-0.25, -0.2) is 4.98 Å². The summed E-state index contributed by atoms with van der Waals surface area (Å²) in [5, 5.41) is 9.33. The van der Waals surface area contributed by atoms with E-state index >= 15 is 0 Å². The van der Waals surface area contributed by atoms with Crippen molar-refractivity contribution in [2.24, 2.45) is 7.05 Å². The van der Waals surface area contributed by atoms with E-state index in [1.807, 2.05) is 55.1 Å². The Hall–Kier alpha value is -3.68. The number of rotatable bonds is 6. The molecule has 0 aliphatic carbocycles. The topological polar surface area (TPSA) is 78.1 Å². The minimum Gasteiger partial charge on any atom is -0.497 e. The Bertz CT molecular complexity index is 1190. The maximum atomic E-state index is 13.4. The van der Waals surface area contributed by atoms with Crippen LogP contribution < -0.4 is 4.74 Å². The van der Waals surface area contributed by atoms with Gasteiger partial charge >= 0.3 is 0 Å². The summed E-state index contributed by atoms with van der Waals surface area (Å²) in [5.41, 5.74) is 3.84. The molecule has 30 heavy (non-hydrogen) atoms. The molecule has 1 amide bonds. The van der Waals surface area contributed by atoms with Gasteiger partial charge in [-0.05, 0) is 43.3 Å².